The molecule has 1 aromatic carbocycles. The molecular weight excluding hydrogens is 272 g/mol. The summed E-state index contributed by atoms with van der Waals surface area (Å²) in [5, 5.41) is 10.2. The number of nitrogen functional groups attached to an aromatic ring is 1. The van der Waals surface area contributed by atoms with E-state index >= 15 is 0 Å². The fourth-order valence-corrected chi connectivity index (χ4v) is 1.98. The molecule has 0 saturated heterocycles. The van der Waals surface area contributed by atoms with Gasteiger partial charge >= 0.3 is 0 Å². The Morgan fingerprint density at radius 2 is 2.14 bits per heavy atom. The molecule has 0 spiro atoms. The monoisotopic (exact) mass is 284 g/mol. The zero-order valence-corrected chi connectivity index (χ0v) is 10.9. The van der Waals surface area contributed by atoms with Crippen molar-refractivity contribution in [2.75, 3.05) is 5.73 Å². The molecule has 0 bridgehead atoms. The molecule has 1 amide bonds. The maximum Gasteiger partial charge on any atom is 0.249 e. The summed E-state index contributed by atoms with van der Waals surface area (Å²) in [6.07, 6.45) is 0. The third-order valence-corrected chi connectivity index (χ3v) is 2.95. The molecule has 2 heterocycles. The van der Waals surface area contributed by atoms with Crippen LogP contribution in [0.2, 0.25) is 0 Å². The van der Waals surface area contributed by atoms with Crippen molar-refractivity contribution in [2.45, 2.75) is 6.61 Å². The van der Waals surface area contributed by atoms with Gasteiger partial charge in [-0.2, -0.15) is 0 Å². The maximum atomic E-state index is 11.4. The molecule has 3 rings (SSSR count). The minimum absolute atomic E-state index is 0.157. The number of nitrogens with zero attached hydrogens (tertiary/aromatic N) is 3. The summed E-state index contributed by atoms with van der Waals surface area (Å²) in [4.78, 5) is 15.4. The van der Waals surface area contributed by atoms with Gasteiger partial charge in [0.05, 0.1) is 0 Å². The molecule has 0 saturated carbocycles. The second-order valence-corrected chi connectivity index (χ2v) is 4.36. The van der Waals surface area contributed by atoms with E-state index in [1.165, 1.54) is 0 Å². The number of primary amides is 1. The Hall–Kier alpha value is -3.16. The first kappa shape index (κ1) is 12.9. The number of H-pyrrole nitrogens is 1. The van der Waals surface area contributed by atoms with Gasteiger partial charge in [0.2, 0.25) is 5.91 Å². The smallest absolute Gasteiger partial charge is 0.249 e. The number of aromatic nitrogens is 4. The van der Waals surface area contributed by atoms with Gasteiger partial charge in [0.15, 0.2) is 16.9 Å². The number of carbonyl (C=O) groups excluding carboxylic acids is 1. The standard InChI is InChI=1S/C13H12N6O2/c14-10-5-9(11-13(16-10)18-19-17-11)21-6-7-3-1-2-4-8(7)12(15)20/h1-5H,6H2,(H2,15,20)(H3,14,16,17,18,19). The number of hydrogen-bond acceptors (Lipinski definition) is 6. The van der Waals surface area contributed by atoms with Gasteiger partial charge in [-0.15, -0.1) is 5.10 Å². The number of anilines is 1. The van der Waals surface area contributed by atoms with Crippen molar-refractivity contribution in [2.24, 2.45) is 5.73 Å². The summed E-state index contributed by atoms with van der Waals surface area (Å²) in [5.74, 6) is 0.215. The van der Waals surface area contributed by atoms with Gasteiger partial charge in [0, 0.05) is 17.2 Å². The van der Waals surface area contributed by atoms with E-state index in [1.807, 2.05) is 0 Å². The third kappa shape index (κ3) is 2.46. The number of nitrogens with two attached hydrogens (primary N) is 2. The zero-order chi connectivity index (χ0) is 14.8. The van der Waals surface area contributed by atoms with Crippen molar-refractivity contribution >= 4 is 22.9 Å². The van der Waals surface area contributed by atoms with Gasteiger partial charge in [-0.25, -0.2) is 10.1 Å². The molecule has 0 fully saturated rings. The summed E-state index contributed by atoms with van der Waals surface area (Å²) in [6.45, 7) is 0.157. The first-order valence-corrected chi connectivity index (χ1v) is 6.13. The van der Waals surface area contributed by atoms with E-state index < -0.39 is 5.91 Å². The molecule has 0 unspecified atom stereocenters. The summed E-state index contributed by atoms with van der Waals surface area (Å²) in [6, 6.07) is 8.51. The lowest BCUT2D eigenvalue weighted by molar-refractivity contribution is 0.0998. The number of amides is 1. The number of ether oxygens (including phenoxy) is 1. The second kappa shape index (κ2) is 5.08. The number of fused-ring (bicyclic) bond motifs is 1. The topological polar surface area (TPSA) is 133 Å². The normalized spacial score (nSPS) is 10.7. The molecule has 2 aromatic heterocycles. The predicted octanol–water partition coefficient (Wildman–Crippen LogP) is 0.613. The molecule has 0 aliphatic carbocycles. The zero-order valence-electron chi connectivity index (χ0n) is 10.9. The van der Waals surface area contributed by atoms with Crippen molar-refractivity contribution < 1.29 is 9.53 Å². The van der Waals surface area contributed by atoms with Crippen LogP contribution in [0.25, 0.3) is 11.2 Å². The van der Waals surface area contributed by atoms with Crippen molar-refractivity contribution in [1.82, 2.24) is 20.4 Å². The first-order valence-electron chi connectivity index (χ1n) is 6.13. The Balaban J connectivity index is 1.90. The molecule has 21 heavy (non-hydrogen) atoms. The highest BCUT2D eigenvalue weighted by atomic mass is 16.5. The van der Waals surface area contributed by atoms with Crippen molar-refractivity contribution in [1.29, 1.82) is 0 Å². The molecule has 0 atom stereocenters. The lowest BCUT2D eigenvalue weighted by Gasteiger charge is -2.09. The highest BCUT2D eigenvalue weighted by Crippen LogP contribution is 2.24. The highest BCUT2D eigenvalue weighted by Gasteiger charge is 2.12. The van der Waals surface area contributed by atoms with Crippen LogP contribution in [-0.2, 0) is 6.61 Å². The third-order valence-electron chi connectivity index (χ3n) is 2.95. The van der Waals surface area contributed by atoms with E-state index in [4.69, 9.17) is 16.2 Å². The molecule has 106 valence electrons. The number of hydrogen-bond donors (Lipinski definition) is 3. The van der Waals surface area contributed by atoms with Crippen molar-refractivity contribution in [3.63, 3.8) is 0 Å². The van der Waals surface area contributed by atoms with Crippen LogP contribution in [0.5, 0.6) is 5.75 Å². The summed E-state index contributed by atoms with van der Waals surface area (Å²) >= 11 is 0. The van der Waals surface area contributed by atoms with Crippen LogP contribution >= 0.6 is 0 Å². The molecule has 5 N–H and O–H groups in total. The average Bonchev–Trinajstić information content (AvgIpc) is 2.93. The van der Waals surface area contributed by atoms with Gasteiger partial charge in [-0.3, -0.25) is 4.79 Å². The molecule has 0 aliphatic rings. The fourth-order valence-electron chi connectivity index (χ4n) is 1.98. The van der Waals surface area contributed by atoms with E-state index in [2.05, 4.69) is 20.4 Å². The summed E-state index contributed by atoms with van der Waals surface area (Å²) in [7, 11) is 0. The SMILES string of the molecule is NC(=O)c1ccccc1COc1cc(N)nc2[nH]nnc12. The molecule has 3 aromatic rings. The van der Waals surface area contributed by atoms with Crippen LogP contribution in [0.4, 0.5) is 5.82 Å². The molecule has 0 aliphatic heterocycles. The summed E-state index contributed by atoms with van der Waals surface area (Å²) < 4.78 is 5.69. The average molecular weight is 284 g/mol. The lowest BCUT2D eigenvalue weighted by atomic mass is 10.1. The van der Waals surface area contributed by atoms with Crippen LogP contribution < -0.4 is 16.2 Å². The van der Waals surface area contributed by atoms with Gasteiger partial charge < -0.3 is 16.2 Å². The molecule has 8 heteroatoms. The van der Waals surface area contributed by atoms with Crippen LogP contribution in [0.15, 0.2) is 30.3 Å². The number of benzene rings is 1. The molecule has 8 nitrogen and oxygen atoms in total. The van der Waals surface area contributed by atoms with E-state index in [1.54, 1.807) is 30.3 Å². The Morgan fingerprint density at radius 1 is 1.33 bits per heavy atom. The van der Waals surface area contributed by atoms with Crippen LogP contribution in [0, 0.1) is 0 Å². The minimum Gasteiger partial charge on any atom is -0.486 e. The lowest BCUT2D eigenvalue weighted by Crippen LogP contribution is -2.14. The van der Waals surface area contributed by atoms with Gasteiger partial charge in [-0.1, -0.05) is 23.4 Å². The number of aromatic amines is 1. The van der Waals surface area contributed by atoms with Gasteiger partial charge in [0.1, 0.15) is 12.4 Å². The van der Waals surface area contributed by atoms with E-state index in [0.717, 1.165) is 0 Å². The minimum atomic E-state index is -0.505. The van der Waals surface area contributed by atoms with E-state index in [9.17, 15) is 4.79 Å². The fraction of sp³-hybridized carbons (Fsp3) is 0.0769. The molecule has 0 radical (unpaired) electrons. The largest absolute Gasteiger partial charge is 0.486 e. The van der Waals surface area contributed by atoms with Crippen LogP contribution in [0.3, 0.4) is 0 Å². The van der Waals surface area contributed by atoms with Gasteiger partial charge in [0.25, 0.3) is 0 Å². The highest BCUT2D eigenvalue weighted by molar-refractivity contribution is 5.94. The van der Waals surface area contributed by atoms with Crippen LogP contribution in [-0.4, -0.2) is 26.3 Å². The predicted molar refractivity (Wildman–Crippen MR) is 75.4 cm³/mol. The number of rotatable bonds is 4. The Morgan fingerprint density at radius 3 is 2.95 bits per heavy atom. The van der Waals surface area contributed by atoms with Gasteiger partial charge in [-0.05, 0) is 6.07 Å². The van der Waals surface area contributed by atoms with Crippen molar-refractivity contribution in [3.05, 3.63) is 41.5 Å². The molecular formula is C13H12N6O2. The van der Waals surface area contributed by atoms with E-state index in [-0.39, 0.29) is 12.4 Å². The quantitative estimate of drug-likeness (QED) is 0.643. The summed E-state index contributed by atoms with van der Waals surface area (Å²) in [5.41, 5.74) is 13.0. The maximum absolute atomic E-state index is 11.4. The van der Waals surface area contributed by atoms with E-state index in [0.29, 0.717) is 28.0 Å². The second-order valence-electron chi connectivity index (χ2n) is 4.36. The first-order chi connectivity index (χ1) is 10.1. The number of nitrogens with one attached hydrogen (secondary N) is 1. The Labute approximate surface area is 119 Å². The van der Waals surface area contributed by atoms with Crippen LogP contribution in [0.1, 0.15) is 15.9 Å². The number of pyridine rings is 1. The van der Waals surface area contributed by atoms with Crippen molar-refractivity contribution in [3.8, 4) is 5.75 Å². The Bertz CT molecular complexity index is 813. The Kier molecular flexibility index (Phi) is 3.11. The number of carbonyl (C=O) groups is 1.